The van der Waals surface area contributed by atoms with E-state index in [-0.39, 0.29) is 5.78 Å². The van der Waals surface area contributed by atoms with E-state index in [9.17, 15) is 4.79 Å². The van der Waals surface area contributed by atoms with Gasteiger partial charge in [0.15, 0.2) is 5.78 Å². The Labute approximate surface area is 172 Å². The van der Waals surface area contributed by atoms with E-state index in [1.54, 1.807) is 0 Å². The van der Waals surface area contributed by atoms with Crippen LogP contribution >= 0.6 is 0 Å². The van der Waals surface area contributed by atoms with E-state index in [0.717, 1.165) is 46.3 Å². The van der Waals surface area contributed by atoms with E-state index < -0.39 is 0 Å². The number of carbonyl (C=O) groups is 1. The lowest BCUT2D eigenvalue weighted by Gasteiger charge is -2.19. The Morgan fingerprint density at radius 1 is 1.00 bits per heavy atom. The fourth-order valence-corrected chi connectivity index (χ4v) is 3.87. The molecule has 4 rings (SSSR count). The topological polar surface area (TPSA) is 39.2 Å². The van der Waals surface area contributed by atoms with Gasteiger partial charge in [0.05, 0.1) is 11.2 Å². The number of pyridine rings is 1. The van der Waals surface area contributed by atoms with Crippen LogP contribution in [0.15, 0.2) is 60.7 Å². The minimum Gasteiger partial charge on any atom is -0.487 e. The first-order valence-electron chi connectivity index (χ1n) is 10.6. The maximum atomic E-state index is 12.5. The van der Waals surface area contributed by atoms with Gasteiger partial charge in [-0.05, 0) is 54.7 Å². The Kier molecular flexibility index (Phi) is 6.04. The molecule has 0 bridgehead atoms. The lowest BCUT2D eigenvalue weighted by Crippen LogP contribution is -2.10. The van der Waals surface area contributed by atoms with Gasteiger partial charge < -0.3 is 4.74 Å². The molecule has 0 N–H and O–H groups in total. The summed E-state index contributed by atoms with van der Waals surface area (Å²) in [6.07, 6.45) is 8.53. The fourth-order valence-electron chi connectivity index (χ4n) is 3.87. The van der Waals surface area contributed by atoms with Gasteiger partial charge in [0, 0.05) is 17.4 Å². The molecule has 0 spiro atoms. The highest BCUT2D eigenvalue weighted by atomic mass is 16.5. The Balaban J connectivity index is 1.49. The monoisotopic (exact) mass is 385 g/mol. The van der Waals surface area contributed by atoms with Gasteiger partial charge in [-0.25, -0.2) is 4.98 Å². The third-order valence-electron chi connectivity index (χ3n) is 5.50. The number of hydrogen-bond donors (Lipinski definition) is 0. The third kappa shape index (κ3) is 4.56. The zero-order chi connectivity index (χ0) is 20.1. The minimum atomic E-state index is 0.208. The van der Waals surface area contributed by atoms with Gasteiger partial charge in [-0.3, -0.25) is 4.79 Å². The molecule has 0 atom stereocenters. The van der Waals surface area contributed by atoms with Crippen molar-refractivity contribution >= 4 is 22.3 Å². The summed E-state index contributed by atoms with van der Waals surface area (Å²) in [6, 6.07) is 18.0. The van der Waals surface area contributed by atoms with Gasteiger partial charge in [0.25, 0.3) is 0 Å². The Bertz CT molecular complexity index is 1050. The van der Waals surface area contributed by atoms with Gasteiger partial charge in [-0.1, -0.05) is 56.2 Å². The number of hydrogen-bond acceptors (Lipinski definition) is 3. The number of para-hydroxylation sites is 1. The number of aromatic nitrogens is 1. The van der Waals surface area contributed by atoms with E-state index in [2.05, 4.69) is 30.1 Å². The molecular formula is C26H27NO2. The van der Waals surface area contributed by atoms with E-state index >= 15 is 0 Å². The molecule has 29 heavy (non-hydrogen) atoms. The van der Waals surface area contributed by atoms with Crippen molar-refractivity contribution in [2.45, 2.75) is 52.1 Å². The van der Waals surface area contributed by atoms with Crippen LogP contribution in [0, 0.1) is 0 Å². The number of fused-ring (bicyclic) bond motifs is 2. The van der Waals surface area contributed by atoms with Crippen molar-refractivity contribution in [3.05, 3.63) is 77.5 Å². The van der Waals surface area contributed by atoms with Gasteiger partial charge in [-0.2, -0.15) is 0 Å². The maximum absolute atomic E-state index is 12.5. The zero-order valence-electron chi connectivity index (χ0n) is 17.0. The van der Waals surface area contributed by atoms with E-state index in [1.165, 1.54) is 24.8 Å². The van der Waals surface area contributed by atoms with Crippen LogP contribution in [-0.4, -0.2) is 10.8 Å². The number of ketones is 1. The van der Waals surface area contributed by atoms with Crippen LogP contribution in [0.3, 0.4) is 0 Å². The molecule has 1 aromatic heterocycles. The molecule has 3 aromatic rings. The van der Waals surface area contributed by atoms with Gasteiger partial charge in [0.1, 0.15) is 12.4 Å². The molecule has 1 heterocycles. The number of Topliss-reactive ketones (excluding diaryl/α,β-unsaturated/α-hetero) is 1. The van der Waals surface area contributed by atoms with Gasteiger partial charge in [-0.15, -0.1) is 0 Å². The standard InChI is InChI=1S/C26H27NO2/c1-2-3-4-5-8-19-12-16-26(28)24-17-22(14-15-23(19)24)29-18-21-13-11-20-9-6-7-10-25(20)27-21/h6-11,13-15,17H,2-5,12,16,18H2,1H3. The molecule has 2 aromatic carbocycles. The largest absolute Gasteiger partial charge is 0.487 e. The molecule has 0 aliphatic heterocycles. The highest BCUT2D eigenvalue weighted by molar-refractivity contribution is 6.04. The lowest BCUT2D eigenvalue weighted by molar-refractivity contribution is 0.0980. The van der Waals surface area contributed by atoms with Crippen molar-refractivity contribution in [1.82, 2.24) is 4.98 Å². The molecule has 1 aliphatic carbocycles. The Morgan fingerprint density at radius 2 is 1.90 bits per heavy atom. The number of carbonyl (C=O) groups excluding carboxylic acids is 1. The van der Waals surface area contributed by atoms with Crippen molar-refractivity contribution in [3.8, 4) is 5.75 Å². The summed E-state index contributed by atoms with van der Waals surface area (Å²) in [5, 5.41) is 1.12. The highest BCUT2D eigenvalue weighted by Gasteiger charge is 2.21. The lowest BCUT2D eigenvalue weighted by atomic mass is 9.85. The molecule has 148 valence electrons. The summed E-state index contributed by atoms with van der Waals surface area (Å²) in [5.41, 5.74) is 5.02. The molecule has 0 unspecified atom stereocenters. The Hall–Kier alpha value is -2.94. The smallest absolute Gasteiger partial charge is 0.163 e. The number of allylic oxidation sites excluding steroid dienone is 2. The molecule has 0 radical (unpaired) electrons. The number of rotatable bonds is 7. The number of unbranched alkanes of at least 4 members (excludes halogenated alkanes) is 3. The van der Waals surface area contributed by atoms with Crippen LogP contribution < -0.4 is 4.74 Å². The Morgan fingerprint density at radius 3 is 2.79 bits per heavy atom. The molecule has 3 nitrogen and oxygen atoms in total. The molecule has 0 saturated heterocycles. The fraction of sp³-hybridized carbons (Fsp3) is 0.308. The number of ether oxygens (including phenoxy) is 1. The van der Waals surface area contributed by atoms with Crippen molar-refractivity contribution < 1.29 is 9.53 Å². The summed E-state index contributed by atoms with van der Waals surface area (Å²) in [7, 11) is 0. The summed E-state index contributed by atoms with van der Waals surface area (Å²) < 4.78 is 5.97. The second-order valence-corrected chi connectivity index (χ2v) is 7.64. The summed E-state index contributed by atoms with van der Waals surface area (Å²) in [4.78, 5) is 17.1. The van der Waals surface area contributed by atoms with Crippen molar-refractivity contribution in [3.63, 3.8) is 0 Å². The van der Waals surface area contributed by atoms with Crippen LogP contribution in [0.1, 0.15) is 67.1 Å². The summed E-state index contributed by atoms with van der Waals surface area (Å²) >= 11 is 0. The average Bonchev–Trinajstić information content (AvgIpc) is 2.76. The van der Waals surface area contributed by atoms with Gasteiger partial charge in [0.2, 0.25) is 0 Å². The predicted octanol–water partition coefficient (Wildman–Crippen LogP) is 6.75. The second-order valence-electron chi connectivity index (χ2n) is 7.64. The highest BCUT2D eigenvalue weighted by Crippen LogP contribution is 2.33. The normalized spacial score (nSPS) is 14.9. The molecule has 1 aliphatic rings. The van der Waals surface area contributed by atoms with Gasteiger partial charge >= 0.3 is 0 Å². The van der Waals surface area contributed by atoms with Crippen LogP contribution in [0.2, 0.25) is 0 Å². The number of nitrogens with zero attached hydrogens (tertiary/aromatic N) is 1. The molecule has 0 fully saturated rings. The van der Waals surface area contributed by atoms with Crippen LogP contribution in [0.25, 0.3) is 16.5 Å². The average molecular weight is 386 g/mol. The minimum absolute atomic E-state index is 0.208. The van der Waals surface area contributed by atoms with Crippen LogP contribution in [-0.2, 0) is 6.61 Å². The summed E-state index contributed by atoms with van der Waals surface area (Å²) in [5.74, 6) is 0.930. The van der Waals surface area contributed by atoms with Crippen molar-refractivity contribution in [1.29, 1.82) is 0 Å². The molecule has 0 amide bonds. The second kappa shape index (κ2) is 9.04. The zero-order valence-corrected chi connectivity index (χ0v) is 17.0. The van der Waals surface area contributed by atoms with E-state index in [1.807, 2.05) is 42.5 Å². The third-order valence-corrected chi connectivity index (χ3v) is 5.50. The summed E-state index contributed by atoms with van der Waals surface area (Å²) in [6.45, 7) is 2.61. The van der Waals surface area contributed by atoms with Crippen molar-refractivity contribution in [2.24, 2.45) is 0 Å². The van der Waals surface area contributed by atoms with Crippen LogP contribution in [0.5, 0.6) is 5.75 Å². The van der Waals surface area contributed by atoms with Crippen molar-refractivity contribution in [2.75, 3.05) is 0 Å². The first-order valence-corrected chi connectivity index (χ1v) is 10.6. The first kappa shape index (κ1) is 19.4. The molecule has 3 heteroatoms. The quantitative estimate of drug-likeness (QED) is 0.422. The predicted molar refractivity (Wildman–Crippen MR) is 118 cm³/mol. The number of benzene rings is 2. The van der Waals surface area contributed by atoms with E-state index in [4.69, 9.17) is 4.74 Å². The van der Waals surface area contributed by atoms with Crippen LogP contribution in [0.4, 0.5) is 0 Å². The molecule has 0 saturated carbocycles. The SMILES string of the molecule is CCCCCC=C1CCC(=O)c2cc(OCc3ccc4ccccc4n3)ccc21. The van der Waals surface area contributed by atoms with E-state index in [0.29, 0.717) is 13.0 Å². The molecular weight excluding hydrogens is 358 g/mol. The first-order chi connectivity index (χ1) is 14.2. The maximum Gasteiger partial charge on any atom is 0.163 e.